The second kappa shape index (κ2) is 10.8. The van der Waals surface area contributed by atoms with E-state index in [0.717, 1.165) is 32.3 Å². The predicted molar refractivity (Wildman–Crippen MR) is 146 cm³/mol. The molecule has 2 aromatic carbocycles. The summed E-state index contributed by atoms with van der Waals surface area (Å²) in [7, 11) is 0. The summed E-state index contributed by atoms with van der Waals surface area (Å²) in [5, 5.41) is 5.33. The number of nitrogens with zero attached hydrogens (tertiary/aromatic N) is 4. The van der Waals surface area contributed by atoms with Crippen LogP contribution in [0.25, 0.3) is 27.3 Å². The third kappa shape index (κ3) is 5.12. The molecular weight excluding hydrogens is 508 g/mol. The molecule has 0 aliphatic heterocycles. The number of aromatic nitrogens is 4. The molecule has 0 amide bonds. The summed E-state index contributed by atoms with van der Waals surface area (Å²) in [5.74, 6) is 2.84. The highest BCUT2D eigenvalue weighted by molar-refractivity contribution is 7.98. The maximum Gasteiger partial charge on any atom is 0.267 e. The van der Waals surface area contributed by atoms with Crippen LogP contribution in [0.1, 0.15) is 30.2 Å². The van der Waals surface area contributed by atoms with Gasteiger partial charge in [-0.25, -0.2) is 4.98 Å². The first-order valence-corrected chi connectivity index (χ1v) is 13.7. The average molecular weight is 535 g/mol. The van der Waals surface area contributed by atoms with E-state index in [2.05, 4.69) is 10.1 Å². The zero-order chi connectivity index (χ0) is 25.9. The minimum Gasteiger partial charge on any atom is -0.494 e. The Balaban J connectivity index is 1.46. The molecule has 0 spiro atoms. The molecule has 10 heteroatoms. The van der Waals surface area contributed by atoms with E-state index in [-0.39, 0.29) is 5.56 Å². The van der Waals surface area contributed by atoms with Crippen molar-refractivity contribution in [1.29, 1.82) is 0 Å². The lowest BCUT2D eigenvalue weighted by molar-refractivity contribution is 0.340. The van der Waals surface area contributed by atoms with Gasteiger partial charge in [-0.1, -0.05) is 16.9 Å². The van der Waals surface area contributed by atoms with E-state index in [4.69, 9.17) is 19.0 Å². The van der Waals surface area contributed by atoms with Gasteiger partial charge in [-0.2, -0.15) is 4.98 Å². The van der Waals surface area contributed by atoms with Crippen molar-refractivity contribution in [2.24, 2.45) is 0 Å². The fourth-order valence-electron chi connectivity index (χ4n) is 3.88. The molecule has 0 saturated carbocycles. The molecule has 0 unspecified atom stereocenters. The number of thiophene rings is 1. The van der Waals surface area contributed by atoms with Gasteiger partial charge in [0, 0.05) is 10.4 Å². The van der Waals surface area contributed by atoms with Crippen molar-refractivity contribution in [2.75, 3.05) is 13.2 Å². The monoisotopic (exact) mass is 534 g/mol. The van der Waals surface area contributed by atoms with E-state index < -0.39 is 0 Å². The Morgan fingerprint density at radius 2 is 1.59 bits per heavy atom. The molecule has 0 atom stereocenters. The largest absolute Gasteiger partial charge is 0.494 e. The first-order chi connectivity index (χ1) is 18.0. The number of aryl methyl sites for hydroxylation is 2. The molecule has 8 nitrogen and oxygen atoms in total. The van der Waals surface area contributed by atoms with Crippen molar-refractivity contribution in [2.45, 2.75) is 38.6 Å². The molecule has 3 heterocycles. The summed E-state index contributed by atoms with van der Waals surface area (Å²) in [4.78, 5) is 24.9. The molecule has 0 fully saturated rings. The molecule has 0 bridgehead atoms. The summed E-state index contributed by atoms with van der Waals surface area (Å²) in [6.07, 6.45) is 0. The first-order valence-electron chi connectivity index (χ1n) is 11.9. The van der Waals surface area contributed by atoms with Gasteiger partial charge < -0.3 is 14.0 Å². The Morgan fingerprint density at radius 1 is 0.946 bits per heavy atom. The van der Waals surface area contributed by atoms with Gasteiger partial charge in [0.25, 0.3) is 5.56 Å². The number of benzene rings is 2. The molecule has 0 aliphatic rings. The molecule has 0 radical (unpaired) electrons. The van der Waals surface area contributed by atoms with E-state index in [1.807, 2.05) is 76.2 Å². The van der Waals surface area contributed by atoms with Gasteiger partial charge in [0.05, 0.1) is 30.0 Å². The van der Waals surface area contributed by atoms with E-state index in [0.29, 0.717) is 46.9 Å². The minimum absolute atomic E-state index is 0.0980. The Morgan fingerprint density at radius 3 is 2.24 bits per heavy atom. The highest BCUT2D eigenvalue weighted by Gasteiger charge is 2.19. The van der Waals surface area contributed by atoms with Crippen LogP contribution in [0.4, 0.5) is 0 Å². The maximum atomic E-state index is 13.7. The van der Waals surface area contributed by atoms with E-state index in [1.165, 1.54) is 23.1 Å². The van der Waals surface area contributed by atoms with Crippen molar-refractivity contribution in [3.8, 4) is 28.6 Å². The quantitative estimate of drug-likeness (QED) is 0.163. The van der Waals surface area contributed by atoms with E-state index in [9.17, 15) is 4.79 Å². The number of hydrogen-bond acceptors (Lipinski definition) is 9. The number of ether oxygens (including phenoxy) is 2. The normalized spacial score (nSPS) is 11.2. The molecular formula is C27H26N4O4S2. The highest BCUT2D eigenvalue weighted by atomic mass is 32.2. The molecule has 5 aromatic rings. The fourth-order valence-corrected chi connectivity index (χ4v) is 5.80. The van der Waals surface area contributed by atoms with Crippen molar-refractivity contribution >= 4 is 33.3 Å². The number of thioether (sulfide) groups is 1. The van der Waals surface area contributed by atoms with Crippen LogP contribution in [0, 0.1) is 13.8 Å². The average Bonchev–Trinajstić information content (AvgIpc) is 3.48. The Bertz CT molecular complexity index is 1590. The van der Waals surface area contributed by atoms with Crippen LogP contribution in [-0.4, -0.2) is 32.9 Å². The molecule has 37 heavy (non-hydrogen) atoms. The van der Waals surface area contributed by atoms with Crippen molar-refractivity contribution < 1.29 is 14.0 Å². The van der Waals surface area contributed by atoms with Gasteiger partial charge in [-0.05, 0) is 81.8 Å². The zero-order valence-electron chi connectivity index (χ0n) is 21.0. The second-order valence-electron chi connectivity index (χ2n) is 8.18. The Kier molecular flexibility index (Phi) is 7.29. The van der Waals surface area contributed by atoms with Crippen LogP contribution in [0.3, 0.4) is 0 Å². The summed E-state index contributed by atoms with van der Waals surface area (Å²) < 4.78 is 18.2. The zero-order valence-corrected chi connectivity index (χ0v) is 22.6. The van der Waals surface area contributed by atoms with Crippen molar-refractivity contribution in [3.63, 3.8) is 0 Å². The Labute approximate surface area is 222 Å². The van der Waals surface area contributed by atoms with Gasteiger partial charge in [-0.15, -0.1) is 11.3 Å². The molecule has 3 aromatic heterocycles. The summed E-state index contributed by atoms with van der Waals surface area (Å²) >= 11 is 2.91. The highest BCUT2D eigenvalue weighted by Crippen LogP contribution is 2.31. The molecule has 0 aliphatic carbocycles. The molecule has 0 saturated heterocycles. The van der Waals surface area contributed by atoms with Crippen LogP contribution >= 0.6 is 23.1 Å². The van der Waals surface area contributed by atoms with Gasteiger partial charge in [0.1, 0.15) is 16.3 Å². The minimum atomic E-state index is -0.0980. The van der Waals surface area contributed by atoms with E-state index >= 15 is 0 Å². The molecule has 5 rings (SSSR count). The third-order valence-corrected chi connectivity index (χ3v) is 7.82. The van der Waals surface area contributed by atoms with Gasteiger partial charge >= 0.3 is 0 Å². The van der Waals surface area contributed by atoms with Crippen LogP contribution in [0.2, 0.25) is 0 Å². The topological polar surface area (TPSA) is 92.3 Å². The lowest BCUT2D eigenvalue weighted by Crippen LogP contribution is -2.21. The smallest absolute Gasteiger partial charge is 0.267 e. The fraction of sp³-hybridized carbons (Fsp3) is 0.259. The lowest BCUT2D eigenvalue weighted by atomic mass is 10.2. The Hall–Kier alpha value is -3.63. The second-order valence-corrected chi connectivity index (χ2v) is 10.3. The van der Waals surface area contributed by atoms with Crippen LogP contribution in [0.15, 0.2) is 63.0 Å². The number of fused-ring (bicyclic) bond motifs is 1. The SMILES string of the molecule is CCOc1ccc(-c2noc(CSc3nc4sc(C)c(C)c4c(=O)n3-c3ccc(OCC)cc3)n2)cc1. The predicted octanol–water partition coefficient (Wildman–Crippen LogP) is 6.20. The molecule has 0 N–H and O–H groups in total. The molecule has 190 valence electrons. The van der Waals surface area contributed by atoms with Gasteiger partial charge in [0.15, 0.2) is 5.16 Å². The van der Waals surface area contributed by atoms with Crippen molar-refractivity contribution in [1.82, 2.24) is 19.7 Å². The lowest BCUT2D eigenvalue weighted by Gasteiger charge is -2.12. The van der Waals surface area contributed by atoms with Crippen LogP contribution in [-0.2, 0) is 5.75 Å². The summed E-state index contributed by atoms with van der Waals surface area (Å²) in [6, 6.07) is 15.0. The standard InChI is InChI=1S/C27H26N4O4S2/c1-5-33-20-11-7-18(8-12-20)24-28-22(35-30-24)15-36-27-29-25-23(16(3)17(4)37-25)26(32)31(27)19-9-13-21(14-10-19)34-6-2/h7-14H,5-6,15H2,1-4H3. The maximum absolute atomic E-state index is 13.7. The number of hydrogen-bond donors (Lipinski definition) is 0. The summed E-state index contributed by atoms with van der Waals surface area (Å²) in [5.41, 5.74) is 2.41. The summed E-state index contributed by atoms with van der Waals surface area (Å²) in [6.45, 7) is 9.04. The van der Waals surface area contributed by atoms with Crippen molar-refractivity contribution in [3.05, 3.63) is 75.2 Å². The van der Waals surface area contributed by atoms with E-state index in [1.54, 1.807) is 4.57 Å². The van der Waals surface area contributed by atoms with Gasteiger partial charge in [-0.3, -0.25) is 9.36 Å². The number of rotatable bonds is 9. The van der Waals surface area contributed by atoms with Crippen LogP contribution < -0.4 is 15.0 Å². The van der Waals surface area contributed by atoms with Gasteiger partial charge in [0.2, 0.25) is 11.7 Å². The first kappa shape index (κ1) is 25.0. The third-order valence-electron chi connectivity index (χ3n) is 5.79. The van der Waals surface area contributed by atoms with Crippen LogP contribution in [0.5, 0.6) is 11.5 Å².